The maximum Gasteiger partial charge on any atom is 0.253 e. The van der Waals surface area contributed by atoms with Crippen LogP contribution in [0.2, 0.25) is 0 Å². The number of carbonyl (C=O) groups excluding carboxylic acids is 2. The second kappa shape index (κ2) is 9.35. The molecule has 136 valence electrons. The van der Waals surface area contributed by atoms with Crippen LogP contribution in [-0.2, 0) is 11.3 Å². The third kappa shape index (κ3) is 5.31. The number of thioether (sulfide) groups is 1. The van der Waals surface area contributed by atoms with E-state index in [-0.39, 0.29) is 17.9 Å². The fourth-order valence-corrected chi connectivity index (χ4v) is 3.70. The van der Waals surface area contributed by atoms with Crippen LogP contribution < -0.4 is 16.0 Å². The second-order valence-corrected chi connectivity index (χ2v) is 7.22. The highest BCUT2D eigenvalue weighted by atomic mass is 32.2. The number of hydrogen-bond donors (Lipinski definition) is 3. The number of amides is 2. The molecule has 2 amide bonds. The number of nitrogens with one attached hydrogen (secondary N) is 3. The predicted molar refractivity (Wildman–Crippen MR) is 104 cm³/mol. The van der Waals surface area contributed by atoms with Gasteiger partial charge in [0.1, 0.15) is 0 Å². The van der Waals surface area contributed by atoms with Crippen molar-refractivity contribution in [2.24, 2.45) is 0 Å². The maximum atomic E-state index is 12.5. The van der Waals surface area contributed by atoms with E-state index in [1.165, 1.54) is 0 Å². The number of pyridine rings is 1. The summed E-state index contributed by atoms with van der Waals surface area (Å²) in [5.41, 5.74) is 1.91. The van der Waals surface area contributed by atoms with Crippen LogP contribution in [0.5, 0.6) is 0 Å². The van der Waals surface area contributed by atoms with E-state index in [9.17, 15) is 9.59 Å². The molecule has 1 aliphatic heterocycles. The minimum absolute atomic E-state index is 0.0856. The molecule has 3 N–H and O–H groups in total. The smallest absolute Gasteiger partial charge is 0.253 e. The van der Waals surface area contributed by atoms with Gasteiger partial charge in [0, 0.05) is 49.5 Å². The van der Waals surface area contributed by atoms with E-state index in [1.54, 1.807) is 30.6 Å². The van der Waals surface area contributed by atoms with Crippen LogP contribution in [0.1, 0.15) is 22.3 Å². The molecule has 1 aromatic heterocycles. The lowest BCUT2D eigenvalue weighted by Crippen LogP contribution is -2.40. The van der Waals surface area contributed by atoms with Gasteiger partial charge in [-0.2, -0.15) is 11.8 Å². The number of benzene rings is 1. The summed E-state index contributed by atoms with van der Waals surface area (Å²) in [5, 5.41) is 9.08. The Labute approximate surface area is 157 Å². The van der Waals surface area contributed by atoms with Crippen LogP contribution in [0.3, 0.4) is 0 Å². The first kappa shape index (κ1) is 18.4. The zero-order chi connectivity index (χ0) is 18.2. The van der Waals surface area contributed by atoms with Crippen LogP contribution in [0.4, 0.5) is 5.69 Å². The van der Waals surface area contributed by atoms with E-state index >= 15 is 0 Å². The van der Waals surface area contributed by atoms with Gasteiger partial charge in [-0.25, -0.2) is 0 Å². The molecular weight excluding hydrogens is 348 g/mol. The summed E-state index contributed by atoms with van der Waals surface area (Å²) in [4.78, 5) is 28.9. The van der Waals surface area contributed by atoms with Gasteiger partial charge in [-0.1, -0.05) is 18.2 Å². The number of anilines is 1. The van der Waals surface area contributed by atoms with E-state index in [2.05, 4.69) is 20.9 Å². The van der Waals surface area contributed by atoms with Crippen molar-refractivity contribution in [3.05, 3.63) is 59.9 Å². The second-order valence-electron chi connectivity index (χ2n) is 6.07. The van der Waals surface area contributed by atoms with Crippen LogP contribution in [0.15, 0.2) is 48.8 Å². The molecule has 1 aliphatic rings. The number of rotatable bonds is 6. The van der Waals surface area contributed by atoms with Crippen molar-refractivity contribution >= 4 is 29.3 Å². The van der Waals surface area contributed by atoms with Gasteiger partial charge in [-0.3, -0.25) is 14.6 Å². The number of hydrogen-bond acceptors (Lipinski definition) is 5. The predicted octanol–water partition coefficient (Wildman–Crippen LogP) is 2.05. The van der Waals surface area contributed by atoms with E-state index in [1.807, 2.05) is 30.0 Å². The Morgan fingerprint density at radius 3 is 2.88 bits per heavy atom. The molecule has 6 nitrogen and oxygen atoms in total. The van der Waals surface area contributed by atoms with Gasteiger partial charge < -0.3 is 16.0 Å². The molecule has 7 heteroatoms. The molecule has 2 aromatic rings. The molecular formula is C19H22N4O2S. The van der Waals surface area contributed by atoms with Crippen molar-refractivity contribution in [1.29, 1.82) is 0 Å². The van der Waals surface area contributed by atoms with Gasteiger partial charge >= 0.3 is 0 Å². The zero-order valence-corrected chi connectivity index (χ0v) is 15.2. The number of para-hydroxylation sites is 1. The minimum atomic E-state index is -0.226. The summed E-state index contributed by atoms with van der Waals surface area (Å²) in [7, 11) is 0. The van der Waals surface area contributed by atoms with Crippen LogP contribution in [0, 0.1) is 0 Å². The standard InChI is InChI=1S/C19H22N4O2S/c24-18(10-15-13-26-9-8-21-15)23-17-6-2-1-5-16(17)19(25)22-12-14-4-3-7-20-11-14/h1-7,11,15,21H,8-10,12-13H2,(H,22,25)(H,23,24). The Balaban J connectivity index is 1.59. The van der Waals surface area contributed by atoms with Crippen molar-refractivity contribution in [1.82, 2.24) is 15.6 Å². The lowest BCUT2D eigenvalue weighted by molar-refractivity contribution is -0.116. The molecule has 1 aromatic carbocycles. The molecule has 1 saturated heterocycles. The summed E-state index contributed by atoms with van der Waals surface area (Å²) in [5.74, 6) is 1.70. The van der Waals surface area contributed by atoms with Gasteiger partial charge in [0.25, 0.3) is 5.91 Å². The molecule has 0 spiro atoms. The quantitative estimate of drug-likeness (QED) is 0.725. The molecule has 0 bridgehead atoms. The van der Waals surface area contributed by atoms with Gasteiger partial charge in [0.15, 0.2) is 0 Å². The Kier molecular flexibility index (Phi) is 6.62. The lowest BCUT2D eigenvalue weighted by atomic mass is 10.1. The monoisotopic (exact) mass is 370 g/mol. The van der Waals surface area contributed by atoms with Crippen LogP contribution in [-0.4, -0.2) is 40.9 Å². The van der Waals surface area contributed by atoms with Crippen molar-refractivity contribution in [3.8, 4) is 0 Å². The first-order valence-corrected chi connectivity index (χ1v) is 9.75. The third-order valence-electron chi connectivity index (χ3n) is 4.05. The molecule has 26 heavy (non-hydrogen) atoms. The molecule has 3 rings (SSSR count). The summed E-state index contributed by atoms with van der Waals surface area (Å²) in [6.07, 6.45) is 3.80. The first-order valence-electron chi connectivity index (χ1n) is 8.59. The number of aromatic nitrogens is 1. The number of nitrogens with zero attached hydrogens (tertiary/aromatic N) is 1. The molecule has 0 radical (unpaired) electrons. The van der Waals surface area contributed by atoms with Gasteiger partial charge in [0.2, 0.25) is 5.91 Å². The lowest BCUT2D eigenvalue weighted by Gasteiger charge is -2.22. The highest BCUT2D eigenvalue weighted by molar-refractivity contribution is 7.99. The summed E-state index contributed by atoms with van der Waals surface area (Å²) in [6, 6.07) is 11.0. The minimum Gasteiger partial charge on any atom is -0.348 e. The number of carbonyl (C=O) groups is 2. The summed E-state index contributed by atoms with van der Waals surface area (Å²) >= 11 is 1.85. The Morgan fingerprint density at radius 1 is 1.23 bits per heavy atom. The SMILES string of the molecule is O=C(CC1CSCCN1)Nc1ccccc1C(=O)NCc1cccnc1. The Hall–Kier alpha value is -2.38. The molecule has 1 fully saturated rings. The molecule has 1 atom stereocenters. The third-order valence-corrected chi connectivity index (χ3v) is 5.18. The average Bonchev–Trinajstić information content (AvgIpc) is 2.68. The first-order chi connectivity index (χ1) is 12.7. The fourth-order valence-electron chi connectivity index (χ4n) is 2.75. The average molecular weight is 370 g/mol. The van der Waals surface area contributed by atoms with E-state index < -0.39 is 0 Å². The zero-order valence-electron chi connectivity index (χ0n) is 14.4. The van der Waals surface area contributed by atoms with Crippen molar-refractivity contribution in [3.63, 3.8) is 0 Å². The topological polar surface area (TPSA) is 83.1 Å². The van der Waals surface area contributed by atoms with Crippen LogP contribution >= 0.6 is 11.8 Å². The highest BCUT2D eigenvalue weighted by Crippen LogP contribution is 2.17. The molecule has 1 unspecified atom stereocenters. The normalized spacial score (nSPS) is 16.7. The highest BCUT2D eigenvalue weighted by Gasteiger charge is 2.18. The van der Waals surface area contributed by atoms with Crippen molar-refractivity contribution in [2.75, 3.05) is 23.4 Å². The fraction of sp³-hybridized carbons (Fsp3) is 0.316. The van der Waals surface area contributed by atoms with E-state index in [4.69, 9.17) is 0 Å². The molecule has 0 aliphatic carbocycles. The van der Waals surface area contributed by atoms with E-state index in [0.717, 1.165) is 23.6 Å². The molecule has 0 saturated carbocycles. The summed E-state index contributed by atoms with van der Waals surface area (Å²) in [6.45, 7) is 1.31. The van der Waals surface area contributed by atoms with E-state index in [0.29, 0.717) is 24.2 Å². The van der Waals surface area contributed by atoms with Gasteiger partial charge in [0.05, 0.1) is 11.3 Å². The largest absolute Gasteiger partial charge is 0.348 e. The Bertz CT molecular complexity index is 748. The van der Waals surface area contributed by atoms with Crippen LogP contribution in [0.25, 0.3) is 0 Å². The maximum absolute atomic E-state index is 12.5. The van der Waals surface area contributed by atoms with Gasteiger partial charge in [-0.05, 0) is 23.8 Å². The molecule has 2 heterocycles. The van der Waals surface area contributed by atoms with Crippen molar-refractivity contribution < 1.29 is 9.59 Å². The summed E-state index contributed by atoms with van der Waals surface area (Å²) < 4.78 is 0. The Morgan fingerprint density at radius 2 is 2.12 bits per heavy atom. The van der Waals surface area contributed by atoms with Crippen molar-refractivity contribution in [2.45, 2.75) is 19.0 Å². The van der Waals surface area contributed by atoms with Gasteiger partial charge in [-0.15, -0.1) is 0 Å².